The number of aryl methyl sites for hydroxylation is 1. The molecule has 1 aliphatic heterocycles. The molecule has 0 fully saturated rings. The van der Waals surface area contributed by atoms with Crippen molar-refractivity contribution < 1.29 is 23.8 Å². The molecule has 142 valence electrons. The van der Waals surface area contributed by atoms with Crippen molar-refractivity contribution in [1.29, 1.82) is 0 Å². The summed E-state index contributed by atoms with van der Waals surface area (Å²) in [6, 6.07) is 8.56. The van der Waals surface area contributed by atoms with E-state index in [1.807, 2.05) is 26.0 Å². The molecular formula is C20H20ClNO5. The van der Waals surface area contributed by atoms with Crippen molar-refractivity contribution in [2.75, 3.05) is 25.1 Å². The molecule has 0 aliphatic carbocycles. The van der Waals surface area contributed by atoms with Gasteiger partial charge < -0.3 is 19.5 Å². The van der Waals surface area contributed by atoms with Crippen LogP contribution in [0.25, 0.3) is 0 Å². The Morgan fingerprint density at radius 2 is 1.96 bits per heavy atom. The molecule has 0 saturated carbocycles. The van der Waals surface area contributed by atoms with Crippen LogP contribution in [0.5, 0.6) is 11.5 Å². The monoisotopic (exact) mass is 389 g/mol. The zero-order valence-corrected chi connectivity index (χ0v) is 15.9. The lowest BCUT2D eigenvalue weighted by atomic mass is 10.1. The fraction of sp³-hybridized carbons (Fsp3) is 0.300. The first-order chi connectivity index (χ1) is 13.0. The number of hydrogen-bond acceptors (Lipinski definition) is 5. The minimum absolute atomic E-state index is 0.198. The molecule has 7 heteroatoms. The maximum atomic E-state index is 12.3. The first-order valence-electron chi connectivity index (χ1n) is 8.58. The Balaban J connectivity index is 1.64. The lowest BCUT2D eigenvalue weighted by molar-refractivity contribution is -0.119. The van der Waals surface area contributed by atoms with Crippen molar-refractivity contribution in [3.8, 4) is 11.5 Å². The molecule has 27 heavy (non-hydrogen) atoms. The van der Waals surface area contributed by atoms with E-state index in [0.717, 1.165) is 17.5 Å². The van der Waals surface area contributed by atoms with Crippen LogP contribution in [0.4, 0.5) is 5.69 Å². The number of esters is 1. The summed E-state index contributed by atoms with van der Waals surface area (Å²) in [6.07, 6.45) is 0.726. The van der Waals surface area contributed by atoms with Gasteiger partial charge in [0, 0.05) is 12.1 Å². The van der Waals surface area contributed by atoms with Crippen molar-refractivity contribution in [1.82, 2.24) is 0 Å². The van der Waals surface area contributed by atoms with Gasteiger partial charge in [0.1, 0.15) is 0 Å². The van der Waals surface area contributed by atoms with Crippen LogP contribution in [0, 0.1) is 13.8 Å². The topological polar surface area (TPSA) is 73.9 Å². The molecule has 0 atom stereocenters. The van der Waals surface area contributed by atoms with Gasteiger partial charge in [0.15, 0.2) is 18.1 Å². The van der Waals surface area contributed by atoms with Crippen LogP contribution in [0.15, 0.2) is 30.3 Å². The van der Waals surface area contributed by atoms with Crippen molar-refractivity contribution in [3.05, 3.63) is 52.0 Å². The first-order valence-corrected chi connectivity index (χ1v) is 8.96. The summed E-state index contributed by atoms with van der Waals surface area (Å²) in [7, 11) is 0. The maximum Gasteiger partial charge on any atom is 0.338 e. The number of carbonyl (C=O) groups excluding carboxylic acids is 2. The van der Waals surface area contributed by atoms with E-state index in [9.17, 15) is 9.59 Å². The fourth-order valence-electron chi connectivity index (χ4n) is 2.64. The Kier molecular flexibility index (Phi) is 5.86. The second-order valence-corrected chi connectivity index (χ2v) is 6.61. The van der Waals surface area contributed by atoms with Crippen molar-refractivity contribution in [2.24, 2.45) is 0 Å². The smallest absolute Gasteiger partial charge is 0.338 e. The Morgan fingerprint density at radius 1 is 1.19 bits per heavy atom. The van der Waals surface area contributed by atoms with Crippen LogP contribution in [-0.4, -0.2) is 31.7 Å². The predicted molar refractivity (Wildman–Crippen MR) is 102 cm³/mol. The van der Waals surface area contributed by atoms with E-state index in [-0.39, 0.29) is 10.6 Å². The molecule has 0 unspecified atom stereocenters. The Bertz CT molecular complexity index is 881. The van der Waals surface area contributed by atoms with Gasteiger partial charge in [-0.25, -0.2) is 4.79 Å². The van der Waals surface area contributed by atoms with Gasteiger partial charge in [-0.15, -0.1) is 0 Å². The third kappa shape index (κ3) is 4.52. The van der Waals surface area contributed by atoms with E-state index in [1.54, 1.807) is 6.07 Å². The molecule has 1 N–H and O–H groups in total. The number of amides is 1. The minimum atomic E-state index is -0.663. The highest BCUT2D eigenvalue weighted by atomic mass is 35.5. The molecular weight excluding hydrogens is 370 g/mol. The second kappa shape index (κ2) is 8.31. The molecule has 6 nitrogen and oxygen atoms in total. The number of rotatable bonds is 4. The molecule has 2 aromatic rings. The number of carbonyl (C=O) groups is 2. The lowest BCUT2D eigenvalue weighted by Gasteiger charge is -2.12. The quantitative estimate of drug-likeness (QED) is 0.802. The van der Waals surface area contributed by atoms with Crippen LogP contribution >= 0.6 is 11.6 Å². The molecule has 2 aromatic carbocycles. The number of anilines is 1. The van der Waals surface area contributed by atoms with Crippen LogP contribution in [0.3, 0.4) is 0 Å². The lowest BCUT2D eigenvalue weighted by Crippen LogP contribution is -2.21. The molecule has 0 aromatic heterocycles. The van der Waals surface area contributed by atoms with Crippen LogP contribution < -0.4 is 14.8 Å². The zero-order valence-electron chi connectivity index (χ0n) is 15.1. The van der Waals surface area contributed by atoms with Gasteiger partial charge in [-0.2, -0.15) is 0 Å². The molecule has 0 bridgehead atoms. The van der Waals surface area contributed by atoms with E-state index in [4.69, 9.17) is 25.8 Å². The highest BCUT2D eigenvalue weighted by Crippen LogP contribution is 2.38. The van der Waals surface area contributed by atoms with Gasteiger partial charge in [-0.3, -0.25) is 4.79 Å². The third-order valence-electron chi connectivity index (χ3n) is 4.25. The van der Waals surface area contributed by atoms with Crippen molar-refractivity contribution >= 4 is 29.2 Å². The standard InChI is InChI=1S/C20H20ClNO5/c1-12-5-3-6-16(13(12)2)22-18(23)11-27-20(24)14-9-15(21)19-17(10-14)25-7-4-8-26-19/h3,5-6,9-10H,4,7-8,11H2,1-2H3,(H,22,23). The normalized spacial score (nSPS) is 12.9. The Hall–Kier alpha value is -2.73. The summed E-state index contributed by atoms with van der Waals surface area (Å²) >= 11 is 6.17. The molecule has 1 amide bonds. The van der Waals surface area contributed by atoms with Crippen molar-refractivity contribution in [2.45, 2.75) is 20.3 Å². The molecule has 3 rings (SSSR count). The summed E-state index contributed by atoms with van der Waals surface area (Å²) in [5.41, 5.74) is 2.91. The van der Waals surface area contributed by atoms with E-state index in [0.29, 0.717) is 30.4 Å². The van der Waals surface area contributed by atoms with Gasteiger partial charge in [0.25, 0.3) is 5.91 Å². The van der Waals surface area contributed by atoms with Gasteiger partial charge in [-0.1, -0.05) is 23.7 Å². The highest BCUT2D eigenvalue weighted by molar-refractivity contribution is 6.32. The summed E-state index contributed by atoms with van der Waals surface area (Å²) < 4.78 is 16.2. The van der Waals surface area contributed by atoms with E-state index >= 15 is 0 Å². The number of nitrogens with one attached hydrogen (secondary N) is 1. The number of benzene rings is 2. The van der Waals surface area contributed by atoms with Crippen LogP contribution in [-0.2, 0) is 9.53 Å². The average molecular weight is 390 g/mol. The average Bonchev–Trinajstić information content (AvgIpc) is 2.89. The van der Waals surface area contributed by atoms with Gasteiger partial charge in [0.2, 0.25) is 0 Å². The number of halogens is 1. The van der Waals surface area contributed by atoms with E-state index < -0.39 is 18.5 Å². The summed E-state index contributed by atoms with van der Waals surface area (Å²) in [4.78, 5) is 24.4. The first kappa shape index (κ1) is 19.0. The molecule has 0 radical (unpaired) electrons. The second-order valence-electron chi connectivity index (χ2n) is 6.21. The van der Waals surface area contributed by atoms with E-state index in [1.165, 1.54) is 12.1 Å². The molecule has 1 aliphatic rings. The zero-order chi connectivity index (χ0) is 19.4. The highest BCUT2D eigenvalue weighted by Gasteiger charge is 2.20. The van der Waals surface area contributed by atoms with Gasteiger partial charge in [0.05, 0.1) is 23.8 Å². The van der Waals surface area contributed by atoms with Crippen molar-refractivity contribution in [3.63, 3.8) is 0 Å². The Morgan fingerprint density at radius 3 is 2.78 bits per heavy atom. The predicted octanol–water partition coefficient (Wildman–Crippen LogP) is 3.91. The maximum absolute atomic E-state index is 12.3. The third-order valence-corrected chi connectivity index (χ3v) is 4.53. The minimum Gasteiger partial charge on any atom is -0.489 e. The summed E-state index contributed by atoms with van der Waals surface area (Å²) in [5.74, 6) is -0.272. The number of hydrogen-bond donors (Lipinski definition) is 1. The van der Waals surface area contributed by atoms with Crippen LogP contribution in [0.1, 0.15) is 27.9 Å². The summed E-state index contributed by atoms with van der Waals surface area (Å²) in [5, 5.41) is 3.01. The molecule has 1 heterocycles. The van der Waals surface area contributed by atoms with Gasteiger partial charge >= 0.3 is 5.97 Å². The number of fused-ring (bicyclic) bond motifs is 1. The number of ether oxygens (including phenoxy) is 3. The van der Waals surface area contributed by atoms with Crippen LogP contribution in [0.2, 0.25) is 5.02 Å². The van der Waals surface area contributed by atoms with Gasteiger partial charge in [-0.05, 0) is 43.2 Å². The Labute approximate surface area is 162 Å². The molecule has 0 saturated heterocycles. The molecule has 0 spiro atoms. The largest absolute Gasteiger partial charge is 0.489 e. The summed E-state index contributed by atoms with van der Waals surface area (Å²) in [6.45, 7) is 4.43. The van der Waals surface area contributed by atoms with E-state index in [2.05, 4.69) is 5.32 Å². The SMILES string of the molecule is Cc1cccc(NC(=O)COC(=O)c2cc(Cl)c3c(c2)OCCCO3)c1C. The fourth-order valence-corrected chi connectivity index (χ4v) is 2.90.